The average molecular weight is 437 g/mol. The summed E-state index contributed by atoms with van der Waals surface area (Å²) in [5.74, 6) is 0. The summed E-state index contributed by atoms with van der Waals surface area (Å²) >= 11 is 0. The molecule has 0 spiro atoms. The normalized spacial score (nSPS) is 13.5. The summed E-state index contributed by atoms with van der Waals surface area (Å²) in [7, 11) is -1.18. The predicted molar refractivity (Wildman–Crippen MR) is 108 cm³/mol. The van der Waals surface area contributed by atoms with Gasteiger partial charge in [0.25, 0.3) is 0 Å². The first-order valence-electron chi connectivity index (χ1n) is 9.46. The van der Waals surface area contributed by atoms with E-state index in [0.29, 0.717) is 35.6 Å². The Morgan fingerprint density at radius 3 is 2.70 bits per heavy atom. The number of aromatic nitrogens is 5. The summed E-state index contributed by atoms with van der Waals surface area (Å²) in [5, 5.41) is 13.3. The average Bonchev–Trinajstić information content (AvgIpc) is 3.28. The first-order valence-corrected chi connectivity index (χ1v) is 13.2. The van der Waals surface area contributed by atoms with Gasteiger partial charge in [-0.05, 0) is 12.1 Å². The van der Waals surface area contributed by atoms with E-state index in [0.717, 1.165) is 10.7 Å². The molecule has 3 heterocycles. The Bertz CT molecular complexity index is 1050. The van der Waals surface area contributed by atoms with Crippen LogP contribution in [0.5, 0.6) is 0 Å². The Labute approximate surface area is 173 Å². The largest absolute Gasteiger partial charge is 0.411 e. The van der Waals surface area contributed by atoms with Crippen molar-refractivity contribution in [3.8, 4) is 17.3 Å². The van der Waals surface area contributed by atoms with Crippen molar-refractivity contribution in [3.05, 3.63) is 31.0 Å². The molecule has 3 rings (SSSR count). The molecule has 3 aromatic heterocycles. The fourth-order valence-electron chi connectivity index (χ4n) is 2.96. The first kappa shape index (κ1) is 22.0. The molecule has 0 fully saturated rings. The number of alkyl halides is 3. The molecule has 0 radical (unpaired) electrons. The monoisotopic (exact) mass is 436 g/mol. The Kier molecular flexibility index (Phi) is 6.28. The van der Waals surface area contributed by atoms with Gasteiger partial charge in [0.05, 0.1) is 24.4 Å². The Morgan fingerprint density at radius 2 is 2.03 bits per heavy atom. The molecule has 7 nitrogen and oxygen atoms in total. The number of hydrogen-bond donors (Lipinski definition) is 0. The fraction of sp³-hybridized carbons (Fsp3) is 0.474. The number of rotatable bonds is 8. The lowest BCUT2D eigenvalue weighted by Crippen LogP contribution is -2.26. The standard InChI is InChI=1S/C19H23F3N6OSi/c1-30(2,3)9-8-29-13-27-7-5-15-17(24-12-25-18(15)27)14-10-26-28(11-14)16(4-6-23)19(20,21)22/h5,7,10-12,16H,4,8-9,13H2,1-3H3/t16-/m0/s1. The number of ether oxygens (including phenoxy) is 1. The maximum Gasteiger partial charge on any atom is 0.411 e. The van der Waals surface area contributed by atoms with Gasteiger partial charge in [-0.15, -0.1) is 0 Å². The lowest BCUT2D eigenvalue weighted by atomic mass is 10.2. The van der Waals surface area contributed by atoms with Crippen molar-refractivity contribution in [3.63, 3.8) is 0 Å². The molecule has 0 aliphatic rings. The first-order chi connectivity index (χ1) is 14.1. The SMILES string of the molecule is C[Si](C)(C)CCOCn1ccc2c(-c3cnn([C@@H](CC#N)C(F)(F)F)c3)ncnc21. The second-order valence-corrected chi connectivity index (χ2v) is 13.8. The Hall–Kier alpha value is -2.71. The van der Waals surface area contributed by atoms with E-state index in [-0.39, 0.29) is 0 Å². The summed E-state index contributed by atoms with van der Waals surface area (Å²) in [6, 6.07) is 2.42. The van der Waals surface area contributed by atoms with Crippen LogP contribution in [0.15, 0.2) is 31.0 Å². The van der Waals surface area contributed by atoms with Crippen molar-refractivity contribution >= 4 is 19.1 Å². The number of halogens is 3. The molecule has 11 heteroatoms. The highest BCUT2D eigenvalue weighted by molar-refractivity contribution is 6.76. The van der Waals surface area contributed by atoms with Crippen LogP contribution in [0.25, 0.3) is 22.3 Å². The molecule has 0 N–H and O–H groups in total. The van der Waals surface area contributed by atoms with E-state index in [1.54, 1.807) is 12.1 Å². The highest BCUT2D eigenvalue weighted by Gasteiger charge is 2.41. The molecule has 0 aromatic carbocycles. The van der Waals surface area contributed by atoms with E-state index >= 15 is 0 Å². The van der Waals surface area contributed by atoms with Crippen molar-refractivity contribution in [2.45, 2.75) is 51.1 Å². The fourth-order valence-corrected chi connectivity index (χ4v) is 3.71. The van der Waals surface area contributed by atoms with Crippen LogP contribution in [0.3, 0.4) is 0 Å². The van der Waals surface area contributed by atoms with Crippen LogP contribution < -0.4 is 0 Å². The lowest BCUT2D eigenvalue weighted by Gasteiger charge is -2.17. The van der Waals surface area contributed by atoms with Crippen molar-refractivity contribution in [1.82, 2.24) is 24.3 Å². The van der Waals surface area contributed by atoms with Gasteiger partial charge in [-0.3, -0.25) is 4.68 Å². The van der Waals surface area contributed by atoms with Crippen molar-refractivity contribution in [1.29, 1.82) is 5.26 Å². The predicted octanol–water partition coefficient (Wildman–Crippen LogP) is 4.62. The molecule has 1 atom stereocenters. The van der Waals surface area contributed by atoms with Gasteiger partial charge in [0.1, 0.15) is 18.7 Å². The maximum atomic E-state index is 13.2. The molecule has 0 aliphatic carbocycles. The quantitative estimate of drug-likeness (QED) is 0.380. The summed E-state index contributed by atoms with van der Waals surface area (Å²) in [6.45, 7) is 7.84. The molecule has 0 aliphatic heterocycles. The van der Waals surface area contributed by atoms with Gasteiger partial charge in [-0.25, -0.2) is 9.97 Å². The topological polar surface area (TPSA) is 81.5 Å². The van der Waals surface area contributed by atoms with Crippen molar-refractivity contribution < 1.29 is 17.9 Å². The molecular formula is C19H23F3N6OSi. The van der Waals surface area contributed by atoms with Gasteiger partial charge in [0.2, 0.25) is 0 Å². The third-order valence-corrected chi connectivity index (χ3v) is 6.34. The summed E-state index contributed by atoms with van der Waals surface area (Å²) < 4.78 is 48.1. The molecule has 0 bridgehead atoms. The van der Waals surface area contributed by atoms with Crippen LogP contribution >= 0.6 is 0 Å². The van der Waals surface area contributed by atoms with Crippen LogP contribution in [-0.4, -0.2) is 45.2 Å². The number of fused-ring (bicyclic) bond motifs is 1. The van der Waals surface area contributed by atoms with Gasteiger partial charge < -0.3 is 9.30 Å². The van der Waals surface area contributed by atoms with E-state index in [1.807, 2.05) is 10.8 Å². The number of hydrogen-bond acceptors (Lipinski definition) is 5. The molecular weight excluding hydrogens is 413 g/mol. The summed E-state index contributed by atoms with van der Waals surface area (Å²) in [5.41, 5.74) is 1.53. The van der Waals surface area contributed by atoms with E-state index < -0.39 is 26.7 Å². The van der Waals surface area contributed by atoms with Crippen molar-refractivity contribution in [2.75, 3.05) is 6.61 Å². The van der Waals surface area contributed by atoms with Gasteiger partial charge in [0, 0.05) is 38.0 Å². The van der Waals surface area contributed by atoms with E-state index in [1.165, 1.54) is 18.7 Å². The van der Waals surface area contributed by atoms with E-state index in [4.69, 9.17) is 10.00 Å². The molecule has 0 saturated heterocycles. The lowest BCUT2D eigenvalue weighted by molar-refractivity contribution is -0.169. The van der Waals surface area contributed by atoms with E-state index in [9.17, 15) is 13.2 Å². The minimum atomic E-state index is -4.57. The van der Waals surface area contributed by atoms with Crippen LogP contribution in [0.4, 0.5) is 13.2 Å². The van der Waals surface area contributed by atoms with Crippen LogP contribution in [0, 0.1) is 11.3 Å². The molecule has 0 saturated carbocycles. The van der Waals surface area contributed by atoms with Crippen LogP contribution in [0.1, 0.15) is 12.5 Å². The van der Waals surface area contributed by atoms with Gasteiger partial charge >= 0.3 is 6.18 Å². The van der Waals surface area contributed by atoms with Crippen LogP contribution in [-0.2, 0) is 11.5 Å². The molecule has 30 heavy (non-hydrogen) atoms. The smallest absolute Gasteiger partial charge is 0.361 e. The third-order valence-electron chi connectivity index (χ3n) is 4.64. The number of nitriles is 1. The second-order valence-electron chi connectivity index (χ2n) is 8.22. The zero-order chi connectivity index (χ0) is 21.9. The van der Waals surface area contributed by atoms with Crippen LogP contribution in [0.2, 0.25) is 25.7 Å². The molecule has 0 unspecified atom stereocenters. The van der Waals surface area contributed by atoms with Gasteiger partial charge in [-0.1, -0.05) is 19.6 Å². The van der Waals surface area contributed by atoms with E-state index in [2.05, 4.69) is 34.7 Å². The second kappa shape index (κ2) is 8.57. The zero-order valence-corrected chi connectivity index (χ0v) is 18.0. The highest BCUT2D eigenvalue weighted by atomic mass is 28.3. The third kappa shape index (κ3) is 5.06. The zero-order valence-electron chi connectivity index (χ0n) is 17.0. The van der Waals surface area contributed by atoms with Gasteiger partial charge in [0.15, 0.2) is 6.04 Å². The Balaban J connectivity index is 1.84. The minimum Gasteiger partial charge on any atom is -0.361 e. The maximum absolute atomic E-state index is 13.2. The molecule has 0 amide bonds. The minimum absolute atomic E-state index is 0.335. The number of nitrogens with zero attached hydrogens (tertiary/aromatic N) is 6. The summed E-state index contributed by atoms with van der Waals surface area (Å²) in [6.07, 6.45) is 0.477. The van der Waals surface area contributed by atoms with Crippen molar-refractivity contribution in [2.24, 2.45) is 0 Å². The molecule has 3 aromatic rings. The summed E-state index contributed by atoms with van der Waals surface area (Å²) in [4.78, 5) is 8.54. The highest BCUT2D eigenvalue weighted by Crippen LogP contribution is 2.34. The van der Waals surface area contributed by atoms with Gasteiger partial charge in [-0.2, -0.15) is 23.5 Å². The molecule has 160 valence electrons. The Morgan fingerprint density at radius 1 is 1.27 bits per heavy atom.